The van der Waals surface area contributed by atoms with E-state index in [4.69, 9.17) is 0 Å². The number of hydrogen-bond donors (Lipinski definition) is 1. The maximum absolute atomic E-state index is 13.7. The van der Waals surface area contributed by atoms with Crippen LogP contribution in [-0.4, -0.2) is 36.6 Å². The molecule has 0 aromatic heterocycles. The van der Waals surface area contributed by atoms with Gasteiger partial charge >= 0.3 is 0 Å². The molecule has 1 aromatic rings. The maximum Gasteiger partial charge on any atom is 0.126 e. The van der Waals surface area contributed by atoms with Crippen molar-refractivity contribution in [1.82, 2.24) is 10.2 Å². The molecule has 0 saturated carbocycles. The van der Waals surface area contributed by atoms with Gasteiger partial charge in [-0.05, 0) is 36.8 Å². The van der Waals surface area contributed by atoms with E-state index in [-0.39, 0.29) is 5.82 Å². The molecule has 1 saturated heterocycles. The number of nitrogens with one attached hydrogen (secondary N) is 1. The molecule has 1 heterocycles. The van der Waals surface area contributed by atoms with Crippen LogP contribution in [-0.2, 0) is 6.42 Å². The molecule has 1 aromatic carbocycles. The SMILES string of the molecule is CCC1CNC(CC(C)C)CN1CCc1ccccc1F. The highest BCUT2D eigenvalue weighted by atomic mass is 19.1. The minimum atomic E-state index is -0.0700. The average molecular weight is 292 g/mol. The number of benzene rings is 1. The van der Waals surface area contributed by atoms with E-state index in [1.54, 1.807) is 12.1 Å². The second-order valence-corrected chi connectivity index (χ2v) is 6.63. The van der Waals surface area contributed by atoms with Crippen LogP contribution in [0.2, 0.25) is 0 Å². The topological polar surface area (TPSA) is 15.3 Å². The molecule has 2 nitrogen and oxygen atoms in total. The minimum absolute atomic E-state index is 0.0700. The standard InChI is InChI=1S/C18H29FN2/c1-4-17-12-20-16(11-14(2)3)13-21(17)10-9-15-7-5-6-8-18(15)19/h5-8,14,16-17,20H,4,9-13H2,1-3H3. The van der Waals surface area contributed by atoms with Gasteiger partial charge in [0.15, 0.2) is 0 Å². The summed E-state index contributed by atoms with van der Waals surface area (Å²) in [5, 5.41) is 3.68. The van der Waals surface area contributed by atoms with Crippen LogP contribution >= 0.6 is 0 Å². The van der Waals surface area contributed by atoms with Gasteiger partial charge in [-0.3, -0.25) is 4.90 Å². The minimum Gasteiger partial charge on any atom is -0.311 e. The number of rotatable bonds is 6. The zero-order chi connectivity index (χ0) is 15.2. The first-order valence-electron chi connectivity index (χ1n) is 8.31. The van der Waals surface area contributed by atoms with Crippen molar-refractivity contribution in [2.75, 3.05) is 19.6 Å². The molecule has 118 valence electrons. The maximum atomic E-state index is 13.7. The van der Waals surface area contributed by atoms with Crippen LogP contribution in [0, 0.1) is 11.7 Å². The lowest BCUT2D eigenvalue weighted by atomic mass is 9.98. The molecule has 0 aliphatic carbocycles. The van der Waals surface area contributed by atoms with Gasteiger partial charge in [0.1, 0.15) is 5.82 Å². The van der Waals surface area contributed by atoms with E-state index in [2.05, 4.69) is 31.0 Å². The van der Waals surface area contributed by atoms with Gasteiger partial charge in [0.25, 0.3) is 0 Å². The predicted molar refractivity (Wildman–Crippen MR) is 87.0 cm³/mol. The second kappa shape index (κ2) is 7.90. The third kappa shape index (κ3) is 4.79. The Bertz CT molecular complexity index is 433. The predicted octanol–water partition coefficient (Wildman–Crippen LogP) is 3.47. The van der Waals surface area contributed by atoms with Gasteiger partial charge < -0.3 is 5.32 Å². The van der Waals surface area contributed by atoms with Gasteiger partial charge in [-0.15, -0.1) is 0 Å². The van der Waals surface area contributed by atoms with Crippen molar-refractivity contribution in [2.24, 2.45) is 5.92 Å². The van der Waals surface area contributed by atoms with E-state index >= 15 is 0 Å². The first kappa shape index (κ1) is 16.4. The Labute approximate surface area is 128 Å². The molecule has 2 unspecified atom stereocenters. The Balaban J connectivity index is 1.93. The summed E-state index contributed by atoms with van der Waals surface area (Å²) in [7, 11) is 0. The zero-order valence-electron chi connectivity index (χ0n) is 13.6. The normalized spacial score (nSPS) is 23.7. The molecule has 1 aliphatic heterocycles. The van der Waals surface area contributed by atoms with Crippen molar-refractivity contribution < 1.29 is 4.39 Å². The van der Waals surface area contributed by atoms with Crippen molar-refractivity contribution in [3.05, 3.63) is 35.6 Å². The van der Waals surface area contributed by atoms with Crippen molar-refractivity contribution in [1.29, 1.82) is 0 Å². The summed E-state index contributed by atoms with van der Waals surface area (Å²) in [6.07, 6.45) is 3.17. The molecule has 21 heavy (non-hydrogen) atoms. The van der Waals surface area contributed by atoms with Gasteiger partial charge in [0.2, 0.25) is 0 Å². The van der Waals surface area contributed by atoms with Gasteiger partial charge in [0, 0.05) is 31.7 Å². The molecule has 0 spiro atoms. The molecular formula is C18H29FN2. The monoisotopic (exact) mass is 292 g/mol. The van der Waals surface area contributed by atoms with Crippen LogP contribution < -0.4 is 5.32 Å². The zero-order valence-corrected chi connectivity index (χ0v) is 13.6. The molecule has 0 amide bonds. The molecule has 2 atom stereocenters. The van der Waals surface area contributed by atoms with Gasteiger partial charge in [-0.1, -0.05) is 39.0 Å². The smallest absolute Gasteiger partial charge is 0.126 e. The van der Waals surface area contributed by atoms with Crippen LogP contribution in [0.25, 0.3) is 0 Å². The Morgan fingerprint density at radius 1 is 1.33 bits per heavy atom. The number of halogens is 1. The first-order valence-corrected chi connectivity index (χ1v) is 8.31. The second-order valence-electron chi connectivity index (χ2n) is 6.63. The number of hydrogen-bond acceptors (Lipinski definition) is 2. The fourth-order valence-corrected chi connectivity index (χ4v) is 3.30. The van der Waals surface area contributed by atoms with Crippen LogP contribution in [0.4, 0.5) is 4.39 Å². The fraction of sp³-hybridized carbons (Fsp3) is 0.667. The van der Waals surface area contributed by atoms with Crippen LogP contribution in [0.1, 0.15) is 39.2 Å². The molecule has 1 N–H and O–H groups in total. The van der Waals surface area contributed by atoms with E-state index in [0.29, 0.717) is 18.0 Å². The molecule has 1 fully saturated rings. The lowest BCUT2D eigenvalue weighted by Crippen LogP contribution is -2.56. The molecule has 1 aliphatic rings. The number of piperazine rings is 1. The number of nitrogens with zero attached hydrogens (tertiary/aromatic N) is 1. The molecule has 3 heteroatoms. The highest BCUT2D eigenvalue weighted by Gasteiger charge is 2.26. The van der Waals surface area contributed by atoms with E-state index in [1.165, 1.54) is 6.42 Å². The van der Waals surface area contributed by atoms with Crippen molar-refractivity contribution >= 4 is 0 Å². The van der Waals surface area contributed by atoms with Crippen LogP contribution in [0.15, 0.2) is 24.3 Å². The third-order valence-corrected chi connectivity index (χ3v) is 4.47. The Morgan fingerprint density at radius 3 is 2.76 bits per heavy atom. The summed E-state index contributed by atoms with van der Waals surface area (Å²) in [4.78, 5) is 2.55. The van der Waals surface area contributed by atoms with Crippen molar-refractivity contribution in [2.45, 2.75) is 52.1 Å². The molecule has 0 bridgehead atoms. The van der Waals surface area contributed by atoms with E-state index < -0.39 is 0 Å². The highest BCUT2D eigenvalue weighted by molar-refractivity contribution is 5.17. The average Bonchev–Trinajstić information content (AvgIpc) is 2.46. The summed E-state index contributed by atoms with van der Waals surface area (Å²) in [6.45, 7) is 9.89. The lowest BCUT2D eigenvalue weighted by molar-refractivity contribution is 0.120. The van der Waals surface area contributed by atoms with Crippen LogP contribution in [0.3, 0.4) is 0 Å². The summed E-state index contributed by atoms with van der Waals surface area (Å²) in [5.74, 6) is 0.647. The summed E-state index contributed by atoms with van der Waals surface area (Å²) >= 11 is 0. The van der Waals surface area contributed by atoms with Gasteiger partial charge in [0.05, 0.1) is 0 Å². The highest BCUT2D eigenvalue weighted by Crippen LogP contribution is 2.16. The summed E-state index contributed by atoms with van der Waals surface area (Å²) in [5.41, 5.74) is 0.839. The quantitative estimate of drug-likeness (QED) is 0.863. The Morgan fingerprint density at radius 2 is 2.10 bits per heavy atom. The molecule has 2 rings (SSSR count). The third-order valence-electron chi connectivity index (χ3n) is 4.47. The van der Waals surface area contributed by atoms with E-state index in [9.17, 15) is 4.39 Å². The fourth-order valence-electron chi connectivity index (χ4n) is 3.30. The van der Waals surface area contributed by atoms with E-state index in [1.807, 2.05) is 12.1 Å². The molecular weight excluding hydrogens is 263 g/mol. The summed E-state index contributed by atoms with van der Waals surface area (Å²) < 4.78 is 13.7. The van der Waals surface area contributed by atoms with Crippen molar-refractivity contribution in [3.8, 4) is 0 Å². The first-order chi connectivity index (χ1) is 10.1. The van der Waals surface area contributed by atoms with Gasteiger partial charge in [-0.2, -0.15) is 0 Å². The Kier molecular flexibility index (Phi) is 6.19. The largest absolute Gasteiger partial charge is 0.311 e. The van der Waals surface area contributed by atoms with Crippen LogP contribution in [0.5, 0.6) is 0 Å². The van der Waals surface area contributed by atoms with Crippen molar-refractivity contribution in [3.63, 3.8) is 0 Å². The Hall–Kier alpha value is -0.930. The molecule has 0 radical (unpaired) electrons. The van der Waals surface area contributed by atoms with E-state index in [0.717, 1.165) is 38.0 Å². The summed E-state index contributed by atoms with van der Waals surface area (Å²) in [6, 6.07) is 8.32. The van der Waals surface area contributed by atoms with Gasteiger partial charge in [-0.25, -0.2) is 4.39 Å². The lowest BCUT2D eigenvalue weighted by Gasteiger charge is -2.40.